The number of carboxylic acid groups (broad SMARTS) is 1. The number of alkyl halides is 2. The van der Waals surface area contributed by atoms with Gasteiger partial charge >= 0.3 is 5.97 Å². The van der Waals surface area contributed by atoms with Crippen molar-refractivity contribution in [3.63, 3.8) is 0 Å². The van der Waals surface area contributed by atoms with Gasteiger partial charge in [0.2, 0.25) is 0 Å². The van der Waals surface area contributed by atoms with Crippen LogP contribution in [0.1, 0.15) is 10.4 Å². The van der Waals surface area contributed by atoms with Crippen LogP contribution >= 0.6 is 11.8 Å². The monoisotopic (exact) mass is 277 g/mol. The maximum absolute atomic E-state index is 12.2. The molecule has 0 aliphatic heterocycles. The Morgan fingerprint density at radius 3 is 2.67 bits per heavy atom. The molecular formula is C10H9F2NO4S. The zero-order valence-electron chi connectivity index (χ0n) is 8.93. The molecule has 0 aromatic heterocycles. The van der Waals surface area contributed by atoms with Crippen LogP contribution in [0, 0.1) is 0 Å². The lowest BCUT2D eigenvalue weighted by Gasteiger charge is -2.08. The van der Waals surface area contributed by atoms with Crippen molar-refractivity contribution in [2.45, 2.75) is 10.7 Å². The van der Waals surface area contributed by atoms with E-state index < -0.39 is 24.2 Å². The molecule has 18 heavy (non-hydrogen) atoms. The number of thioether (sulfide) groups is 1. The standard InChI is InChI=1S/C10H9F2NO4S/c11-10(12)18-7-4-2-1-3-6(7)9(16)13-17-5-8(14)15/h1-4,10H,5H2,(H,13,16)(H,14,15). The van der Waals surface area contributed by atoms with Crippen molar-refractivity contribution < 1.29 is 28.3 Å². The highest BCUT2D eigenvalue weighted by atomic mass is 32.2. The van der Waals surface area contributed by atoms with Crippen LogP contribution in [0.4, 0.5) is 8.78 Å². The van der Waals surface area contributed by atoms with Gasteiger partial charge in [0.05, 0.1) is 5.56 Å². The molecule has 0 spiro atoms. The highest BCUT2D eigenvalue weighted by Gasteiger charge is 2.15. The summed E-state index contributed by atoms with van der Waals surface area (Å²) >= 11 is 0.227. The molecule has 0 bridgehead atoms. The second-order valence-electron chi connectivity index (χ2n) is 2.99. The molecule has 5 nitrogen and oxygen atoms in total. The molecule has 1 aromatic carbocycles. The summed E-state index contributed by atoms with van der Waals surface area (Å²) in [6.07, 6.45) is 0. The molecule has 0 aliphatic rings. The third-order valence-corrected chi connectivity index (χ3v) is 2.50. The van der Waals surface area contributed by atoms with Crippen LogP contribution in [0.3, 0.4) is 0 Å². The van der Waals surface area contributed by atoms with Gasteiger partial charge in [-0.15, -0.1) is 0 Å². The van der Waals surface area contributed by atoms with Crippen LogP contribution in [-0.2, 0) is 9.63 Å². The molecule has 0 unspecified atom stereocenters. The largest absolute Gasteiger partial charge is 0.479 e. The minimum atomic E-state index is -2.65. The lowest BCUT2D eigenvalue weighted by molar-refractivity contribution is -0.144. The summed E-state index contributed by atoms with van der Waals surface area (Å²) in [5.41, 5.74) is 1.86. The molecule has 8 heteroatoms. The van der Waals surface area contributed by atoms with Gasteiger partial charge in [0.1, 0.15) is 0 Å². The first-order valence-electron chi connectivity index (χ1n) is 4.68. The molecule has 0 atom stereocenters. The molecule has 2 N–H and O–H groups in total. The summed E-state index contributed by atoms with van der Waals surface area (Å²) < 4.78 is 24.5. The Morgan fingerprint density at radius 2 is 2.06 bits per heavy atom. The third kappa shape index (κ3) is 4.68. The zero-order chi connectivity index (χ0) is 13.5. The van der Waals surface area contributed by atoms with E-state index in [9.17, 15) is 18.4 Å². The molecule has 0 heterocycles. The number of amides is 1. The van der Waals surface area contributed by atoms with Gasteiger partial charge in [0.15, 0.2) is 6.61 Å². The number of halogens is 2. The predicted octanol–water partition coefficient (Wildman–Crippen LogP) is 1.75. The Balaban J connectivity index is 2.69. The van der Waals surface area contributed by atoms with E-state index in [1.807, 2.05) is 5.48 Å². The van der Waals surface area contributed by atoms with Crippen LogP contribution in [0.25, 0.3) is 0 Å². The fourth-order valence-corrected chi connectivity index (χ4v) is 1.71. The molecule has 0 saturated heterocycles. The number of aliphatic carboxylic acids is 1. The van der Waals surface area contributed by atoms with Gasteiger partial charge in [-0.3, -0.25) is 9.63 Å². The van der Waals surface area contributed by atoms with Crippen LogP contribution < -0.4 is 5.48 Å². The van der Waals surface area contributed by atoms with Gasteiger partial charge in [0, 0.05) is 4.90 Å². The lowest BCUT2D eigenvalue weighted by atomic mass is 10.2. The second-order valence-corrected chi connectivity index (χ2v) is 4.02. The van der Waals surface area contributed by atoms with Crippen LogP contribution in [0.2, 0.25) is 0 Å². The van der Waals surface area contributed by atoms with Crippen molar-refractivity contribution in [3.05, 3.63) is 29.8 Å². The Labute approximate surface area is 105 Å². The molecule has 0 fully saturated rings. The van der Waals surface area contributed by atoms with Gasteiger partial charge in [0.25, 0.3) is 11.7 Å². The number of hydrogen-bond donors (Lipinski definition) is 2. The van der Waals surface area contributed by atoms with E-state index in [1.165, 1.54) is 24.3 Å². The van der Waals surface area contributed by atoms with E-state index in [4.69, 9.17) is 5.11 Å². The quantitative estimate of drug-likeness (QED) is 0.612. The van der Waals surface area contributed by atoms with Gasteiger partial charge < -0.3 is 5.11 Å². The molecular weight excluding hydrogens is 268 g/mol. The molecule has 98 valence electrons. The normalized spacial score (nSPS) is 10.4. The van der Waals surface area contributed by atoms with E-state index in [-0.39, 0.29) is 22.2 Å². The van der Waals surface area contributed by atoms with E-state index in [0.29, 0.717) is 0 Å². The fraction of sp³-hybridized carbons (Fsp3) is 0.200. The number of benzene rings is 1. The van der Waals surface area contributed by atoms with E-state index >= 15 is 0 Å². The van der Waals surface area contributed by atoms with E-state index in [2.05, 4.69) is 4.84 Å². The van der Waals surface area contributed by atoms with Gasteiger partial charge in [-0.25, -0.2) is 10.3 Å². The van der Waals surface area contributed by atoms with E-state index in [1.54, 1.807) is 0 Å². The van der Waals surface area contributed by atoms with Crippen LogP contribution in [-0.4, -0.2) is 29.3 Å². The predicted molar refractivity (Wildman–Crippen MR) is 59.4 cm³/mol. The summed E-state index contributed by atoms with van der Waals surface area (Å²) in [6, 6.07) is 5.72. The van der Waals surface area contributed by atoms with Crippen molar-refractivity contribution >= 4 is 23.6 Å². The summed E-state index contributed by atoms with van der Waals surface area (Å²) in [6.45, 7) is -0.712. The molecule has 0 aliphatic carbocycles. The number of rotatable bonds is 6. The molecule has 1 aromatic rings. The zero-order valence-corrected chi connectivity index (χ0v) is 9.75. The smallest absolute Gasteiger partial charge is 0.332 e. The first-order valence-corrected chi connectivity index (χ1v) is 5.56. The van der Waals surface area contributed by atoms with Crippen molar-refractivity contribution in [3.8, 4) is 0 Å². The third-order valence-electron chi connectivity index (χ3n) is 1.71. The summed E-state index contributed by atoms with van der Waals surface area (Å²) in [7, 11) is 0. The van der Waals surface area contributed by atoms with Crippen molar-refractivity contribution in [1.82, 2.24) is 5.48 Å². The molecule has 0 saturated carbocycles. The molecule has 1 amide bonds. The Kier molecular flexibility index (Phi) is 5.53. The average molecular weight is 277 g/mol. The maximum Gasteiger partial charge on any atom is 0.332 e. The topological polar surface area (TPSA) is 75.6 Å². The van der Waals surface area contributed by atoms with Gasteiger partial charge in [-0.2, -0.15) is 8.78 Å². The van der Waals surface area contributed by atoms with Crippen molar-refractivity contribution in [2.75, 3.05) is 6.61 Å². The van der Waals surface area contributed by atoms with Crippen molar-refractivity contribution in [1.29, 1.82) is 0 Å². The number of carboxylic acids is 1. The summed E-state index contributed by atoms with van der Waals surface area (Å²) in [5, 5.41) is 8.29. The first-order chi connectivity index (χ1) is 8.50. The average Bonchev–Trinajstić information content (AvgIpc) is 2.28. The first kappa shape index (κ1) is 14.4. The Morgan fingerprint density at radius 1 is 1.39 bits per heavy atom. The number of nitrogens with one attached hydrogen (secondary N) is 1. The number of carbonyl (C=O) groups excluding carboxylic acids is 1. The van der Waals surface area contributed by atoms with Crippen LogP contribution in [0.5, 0.6) is 0 Å². The van der Waals surface area contributed by atoms with Crippen LogP contribution in [0.15, 0.2) is 29.2 Å². The Bertz CT molecular complexity index is 442. The highest BCUT2D eigenvalue weighted by molar-refractivity contribution is 7.99. The number of hydroxylamine groups is 1. The fourth-order valence-electron chi connectivity index (χ4n) is 1.07. The number of carbonyl (C=O) groups is 2. The maximum atomic E-state index is 12.2. The van der Waals surface area contributed by atoms with Crippen molar-refractivity contribution in [2.24, 2.45) is 0 Å². The van der Waals surface area contributed by atoms with Gasteiger partial charge in [-0.05, 0) is 12.1 Å². The Hall–Kier alpha value is -1.67. The minimum Gasteiger partial charge on any atom is -0.479 e. The molecule has 0 radical (unpaired) electrons. The summed E-state index contributed by atoms with van der Waals surface area (Å²) in [4.78, 5) is 26.2. The van der Waals surface area contributed by atoms with Gasteiger partial charge in [-0.1, -0.05) is 23.9 Å². The SMILES string of the molecule is O=C(O)CONC(=O)c1ccccc1SC(F)F. The lowest BCUT2D eigenvalue weighted by Crippen LogP contribution is -2.27. The number of hydrogen-bond acceptors (Lipinski definition) is 4. The summed E-state index contributed by atoms with van der Waals surface area (Å²) in [5.74, 6) is -4.69. The van der Waals surface area contributed by atoms with E-state index in [0.717, 1.165) is 0 Å². The highest BCUT2D eigenvalue weighted by Crippen LogP contribution is 2.28. The molecule has 1 rings (SSSR count). The minimum absolute atomic E-state index is 0.00631. The second kappa shape index (κ2) is 6.92.